The van der Waals surface area contributed by atoms with Gasteiger partial charge in [0.25, 0.3) is 0 Å². The second kappa shape index (κ2) is 8.16. The van der Waals surface area contributed by atoms with Crippen LogP contribution >= 0.6 is 0 Å². The van der Waals surface area contributed by atoms with Gasteiger partial charge in [0.15, 0.2) is 0 Å². The molecule has 5 aromatic rings. The Morgan fingerprint density at radius 1 is 0.903 bits per heavy atom. The van der Waals surface area contributed by atoms with Gasteiger partial charge < -0.3 is 15.2 Å². The molecule has 0 spiro atoms. The zero-order chi connectivity index (χ0) is 21.2. The Kier molecular flexibility index (Phi) is 5.06. The van der Waals surface area contributed by atoms with Crippen LogP contribution in [0.3, 0.4) is 0 Å². The molecule has 0 fully saturated rings. The van der Waals surface area contributed by atoms with Crippen LogP contribution in [-0.4, -0.2) is 38.9 Å². The van der Waals surface area contributed by atoms with E-state index in [4.69, 9.17) is 0 Å². The number of fused-ring (bicyclic) bond motifs is 3. The second-order valence-corrected chi connectivity index (χ2v) is 8.01. The molecule has 0 unspecified atom stereocenters. The number of nitrogens with zero attached hydrogens (tertiary/aromatic N) is 4. The highest BCUT2D eigenvalue weighted by Gasteiger charge is 2.09. The summed E-state index contributed by atoms with van der Waals surface area (Å²) in [5, 5.41) is 5.68. The molecule has 4 heterocycles. The van der Waals surface area contributed by atoms with Gasteiger partial charge in [0.05, 0.1) is 29.3 Å². The lowest BCUT2D eigenvalue weighted by Gasteiger charge is -2.11. The van der Waals surface area contributed by atoms with Gasteiger partial charge in [0, 0.05) is 41.8 Å². The third-order valence-corrected chi connectivity index (χ3v) is 5.31. The van der Waals surface area contributed by atoms with Gasteiger partial charge in [-0.2, -0.15) is 0 Å². The first kappa shape index (κ1) is 19.2. The number of hydrogen-bond donors (Lipinski definition) is 2. The number of aromatic amines is 1. The average Bonchev–Trinajstić information content (AvgIpc) is 3.16. The summed E-state index contributed by atoms with van der Waals surface area (Å²) in [6.07, 6.45) is 7.33. The molecule has 6 heteroatoms. The molecule has 1 aromatic carbocycles. The zero-order valence-electron chi connectivity index (χ0n) is 17.6. The Balaban J connectivity index is 1.40. The molecule has 0 atom stereocenters. The smallest absolute Gasteiger partial charge is 0.138 e. The zero-order valence-corrected chi connectivity index (χ0v) is 17.6. The van der Waals surface area contributed by atoms with Gasteiger partial charge in [-0.15, -0.1) is 0 Å². The highest BCUT2D eigenvalue weighted by Crippen LogP contribution is 2.29. The van der Waals surface area contributed by atoms with Crippen molar-refractivity contribution in [3.8, 4) is 11.3 Å². The van der Waals surface area contributed by atoms with Crippen LogP contribution in [0.1, 0.15) is 11.1 Å². The quantitative estimate of drug-likeness (QED) is 0.420. The minimum Gasteiger partial charge on any atom is -0.380 e. The summed E-state index contributed by atoms with van der Waals surface area (Å²) in [4.78, 5) is 18.9. The molecule has 31 heavy (non-hydrogen) atoms. The van der Waals surface area contributed by atoms with Crippen molar-refractivity contribution >= 4 is 27.6 Å². The van der Waals surface area contributed by atoms with Gasteiger partial charge in [-0.1, -0.05) is 24.3 Å². The molecule has 5 rings (SSSR count). The number of pyridine rings is 3. The standard InChI is InChI=1S/C25H24N6/c1-31(2)16-18-7-5-17(6-8-18)12-27-20-10-22-21-11-23(19-4-3-9-26-13-19)28-15-24(21)30-25(22)29-14-20/h3-11,13-15,27H,12,16H2,1-2H3,(H,29,30). The van der Waals surface area contributed by atoms with Crippen LogP contribution in [-0.2, 0) is 13.1 Å². The third kappa shape index (κ3) is 4.11. The summed E-state index contributed by atoms with van der Waals surface area (Å²) < 4.78 is 0. The summed E-state index contributed by atoms with van der Waals surface area (Å²) in [5.74, 6) is 0. The molecule has 0 saturated carbocycles. The Hall–Kier alpha value is -3.77. The molecular weight excluding hydrogens is 384 g/mol. The van der Waals surface area contributed by atoms with E-state index in [1.807, 2.05) is 30.7 Å². The molecule has 0 radical (unpaired) electrons. The van der Waals surface area contributed by atoms with Gasteiger partial charge >= 0.3 is 0 Å². The highest BCUT2D eigenvalue weighted by atomic mass is 15.0. The van der Waals surface area contributed by atoms with E-state index in [2.05, 4.69) is 80.6 Å². The van der Waals surface area contributed by atoms with E-state index in [1.54, 1.807) is 6.20 Å². The lowest BCUT2D eigenvalue weighted by molar-refractivity contribution is 0.402. The van der Waals surface area contributed by atoms with Crippen molar-refractivity contribution < 1.29 is 0 Å². The van der Waals surface area contributed by atoms with E-state index in [1.165, 1.54) is 11.1 Å². The van der Waals surface area contributed by atoms with Crippen LogP contribution in [0.5, 0.6) is 0 Å². The third-order valence-electron chi connectivity index (χ3n) is 5.31. The predicted octanol–water partition coefficient (Wildman–Crippen LogP) is 4.85. The Morgan fingerprint density at radius 2 is 1.74 bits per heavy atom. The topological polar surface area (TPSA) is 69.7 Å². The van der Waals surface area contributed by atoms with Crippen molar-refractivity contribution in [2.45, 2.75) is 13.1 Å². The fourth-order valence-corrected chi connectivity index (χ4v) is 3.78. The fraction of sp³-hybridized carbons (Fsp3) is 0.160. The molecular formula is C25H24N6. The van der Waals surface area contributed by atoms with Crippen LogP contribution in [0.2, 0.25) is 0 Å². The molecule has 0 aliphatic carbocycles. The molecule has 0 saturated heterocycles. The van der Waals surface area contributed by atoms with E-state index in [0.717, 1.165) is 52.0 Å². The molecule has 4 aromatic heterocycles. The second-order valence-electron chi connectivity index (χ2n) is 8.01. The fourth-order valence-electron chi connectivity index (χ4n) is 3.78. The minimum absolute atomic E-state index is 0.750. The van der Waals surface area contributed by atoms with E-state index in [0.29, 0.717) is 0 Å². The van der Waals surface area contributed by atoms with Crippen molar-refractivity contribution in [2.24, 2.45) is 0 Å². The Labute approximate surface area is 181 Å². The SMILES string of the molecule is CN(C)Cc1ccc(CNc2cnc3[nH]c4cnc(-c5cccnc5)cc4c3c2)cc1. The van der Waals surface area contributed by atoms with Crippen molar-refractivity contribution in [3.05, 3.63) is 84.4 Å². The van der Waals surface area contributed by atoms with Gasteiger partial charge in [-0.05, 0) is 49.5 Å². The van der Waals surface area contributed by atoms with Gasteiger partial charge in [0.1, 0.15) is 5.65 Å². The largest absolute Gasteiger partial charge is 0.380 e. The first-order valence-corrected chi connectivity index (χ1v) is 10.3. The van der Waals surface area contributed by atoms with Crippen molar-refractivity contribution in [1.82, 2.24) is 24.8 Å². The number of benzene rings is 1. The molecule has 0 aliphatic rings. The lowest BCUT2D eigenvalue weighted by Crippen LogP contribution is -2.10. The van der Waals surface area contributed by atoms with Crippen LogP contribution in [0.15, 0.2) is 73.3 Å². The lowest BCUT2D eigenvalue weighted by atomic mass is 10.1. The van der Waals surface area contributed by atoms with Gasteiger partial charge in [-0.3, -0.25) is 9.97 Å². The summed E-state index contributed by atoms with van der Waals surface area (Å²) in [7, 11) is 4.16. The number of H-pyrrole nitrogens is 1. The maximum Gasteiger partial charge on any atom is 0.138 e. The maximum atomic E-state index is 4.62. The number of anilines is 1. The van der Waals surface area contributed by atoms with Gasteiger partial charge in [0.2, 0.25) is 0 Å². The van der Waals surface area contributed by atoms with Crippen molar-refractivity contribution in [1.29, 1.82) is 0 Å². The van der Waals surface area contributed by atoms with Gasteiger partial charge in [-0.25, -0.2) is 4.98 Å². The molecule has 0 aliphatic heterocycles. The van der Waals surface area contributed by atoms with Crippen LogP contribution < -0.4 is 5.32 Å². The monoisotopic (exact) mass is 408 g/mol. The maximum absolute atomic E-state index is 4.62. The number of hydrogen-bond acceptors (Lipinski definition) is 5. The van der Waals surface area contributed by atoms with Crippen LogP contribution in [0.25, 0.3) is 33.2 Å². The first-order valence-electron chi connectivity index (χ1n) is 10.3. The van der Waals surface area contributed by atoms with E-state index < -0.39 is 0 Å². The van der Waals surface area contributed by atoms with E-state index in [9.17, 15) is 0 Å². The highest BCUT2D eigenvalue weighted by molar-refractivity contribution is 6.07. The average molecular weight is 409 g/mol. The molecule has 154 valence electrons. The predicted molar refractivity (Wildman–Crippen MR) is 126 cm³/mol. The summed E-state index contributed by atoms with van der Waals surface area (Å²) in [6, 6.07) is 16.9. The summed E-state index contributed by atoms with van der Waals surface area (Å²) >= 11 is 0. The summed E-state index contributed by atoms with van der Waals surface area (Å²) in [6.45, 7) is 1.70. The minimum atomic E-state index is 0.750. The van der Waals surface area contributed by atoms with E-state index in [-0.39, 0.29) is 0 Å². The Morgan fingerprint density at radius 3 is 2.52 bits per heavy atom. The normalized spacial score (nSPS) is 11.5. The summed E-state index contributed by atoms with van der Waals surface area (Å²) in [5.41, 5.74) is 7.28. The van der Waals surface area contributed by atoms with Crippen LogP contribution in [0, 0.1) is 0 Å². The number of aromatic nitrogens is 4. The van der Waals surface area contributed by atoms with Crippen molar-refractivity contribution in [3.63, 3.8) is 0 Å². The van der Waals surface area contributed by atoms with Crippen LogP contribution in [0.4, 0.5) is 5.69 Å². The van der Waals surface area contributed by atoms with E-state index >= 15 is 0 Å². The molecule has 0 amide bonds. The first-order chi connectivity index (χ1) is 15.2. The number of rotatable bonds is 6. The molecule has 6 nitrogen and oxygen atoms in total. The number of nitrogens with one attached hydrogen (secondary N) is 2. The molecule has 0 bridgehead atoms. The molecule has 2 N–H and O–H groups in total. The van der Waals surface area contributed by atoms with Crippen molar-refractivity contribution in [2.75, 3.05) is 19.4 Å². The Bertz CT molecular complexity index is 1320.